The van der Waals surface area contributed by atoms with Crippen molar-refractivity contribution in [2.75, 3.05) is 6.54 Å². The molecule has 1 aliphatic rings. The van der Waals surface area contributed by atoms with E-state index in [0.717, 1.165) is 13.0 Å². The fourth-order valence-electron chi connectivity index (χ4n) is 2.80. The molecular weight excluding hydrogens is 194 g/mol. The molecule has 0 radical (unpaired) electrons. The molecule has 0 aliphatic heterocycles. The minimum atomic E-state index is 0.483. The minimum Gasteiger partial charge on any atom is -0.312 e. The predicted molar refractivity (Wildman–Crippen MR) is 71.3 cm³/mol. The van der Waals surface area contributed by atoms with Gasteiger partial charge in [-0.1, -0.05) is 33.1 Å². The average molecular weight is 221 g/mol. The van der Waals surface area contributed by atoms with Gasteiger partial charge in [0.2, 0.25) is 0 Å². The van der Waals surface area contributed by atoms with Crippen LogP contribution in [0.5, 0.6) is 0 Å². The van der Waals surface area contributed by atoms with Gasteiger partial charge in [-0.15, -0.1) is 11.8 Å². The molecule has 1 nitrogen and oxygen atoms in total. The van der Waals surface area contributed by atoms with Gasteiger partial charge in [0.1, 0.15) is 0 Å². The first-order chi connectivity index (χ1) is 7.73. The van der Waals surface area contributed by atoms with Crippen LogP contribution in [-0.4, -0.2) is 12.6 Å². The van der Waals surface area contributed by atoms with Gasteiger partial charge < -0.3 is 5.32 Å². The van der Waals surface area contributed by atoms with Crippen LogP contribution in [0.1, 0.15) is 65.7 Å². The fraction of sp³-hybridized carbons (Fsp3) is 0.867. The van der Waals surface area contributed by atoms with Crippen molar-refractivity contribution in [1.29, 1.82) is 0 Å². The zero-order chi connectivity index (χ0) is 11.9. The van der Waals surface area contributed by atoms with Crippen LogP contribution in [0.25, 0.3) is 0 Å². The maximum absolute atomic E-state index is 3.71. The summed E-state index contributed by atoms with van der Waals surface area (Å²) < 4.78 is 0. The molecule has 1 aliphatic carbocycles. The van der Waals surface area contributed by atoms with E-state index in [2.05, 4.69) is 31.0 Å². The first-order valence-electron chi connectivity index (χ1n) is 6.86. The van der Waals surface area contributed by atoms with E-state index in [9.17, 15) is 0 Å². The summed E-state index contributed by atoms with van der Waals surface area (Å²) in [5.41, 5.74) is 0.483. The maximum Gasteiger partial charge on any atom is 0.0248 e. The summed E-state index contributed by atoms with van der Waals surface area (Å²) in [6.45, 7) is 7.77. The zero-order valence-electron chi connectivity index (χ0n) is 11.2. The van der Waals surface area contributed by atoms with Gasteiger partial charge >= 0.3 is 0 Å². The smallest absolute Gasteiger partial charge is 0.0248 e. The highest BCUT2D eigenvalue weighted by Crippen LogP contribution is 2.39. The van der Waals surface area contributed by atoms with Crippen molar-refractivity contribution in [3.63, 3.8) is 0 Å². The van der Waals surface area contributed by atoms with E-state index in [-0.39, 0.29) is 0 Å². The summed E-state index contributed by atoms with van der Waals surface area (Å²) in [6.07, 6.45) is 9.22. The molecule has 0 aromatic heterocycles. The summed E-state index contributed by atoms with van der Waals surface area (Å²) in [4.78, 5) is 0. The van der Waals surface area contributed by atoms with E-state index in [0.29, 0.717) is 11.5 Å². The molecule has 0 aromatic carbocycles. The molecule has 1 heteroatoms. The molecule has 1 N–H and O–H groups in total. The second-order valence-corrected chi connectivity index (χ2v) is 5.35. The average Bonchev–Trinajstić information content (AvgIpc) is 2.30. The SMILES string of the molecule is CC#CCC(NCCC)C1(C)CCCCC1. The van der Waals surface area contributed by atoms with Crippen molar-refractivity contribution in [3.8, 4) is 11.8 Å². The third kappa shape index (κ3) is 3.83. The molecule has 92 valence electrons. The van der Waals surface area contributed by atoms with Crippen LogP contribution in [0.3, 0.4) is 0 Å². The number of hydrogen-bond donors (Lipinski definition) is 1. The molecule has 0 spiro atoms. The van der Waals surface area contributed by atoms with Crippen LogP contribution in [0.2, 0.25) is 0 Å². The Morgan fingerprint density at radius 1 is 1.25 bits per heavy atom. The van der Waals surface area contributed by atoms with Gasteiger partial charge in [0.15, 0.2) is 0 Å². The molecule has 16 heavy (non-hydrogen) atoms. The van der Waals surface area contributed by atoms with Gasteiger partial charge in [-0.25, -0.2) is 0 Å². The fourth-order valence-corrected chi connectivity index (χ4v) is 2.80. The Morgan fingerprint density at radius 2 is 1.94 bits per heavy atom. The zero-order valence-corrected chi connectivity index (χ0v) is 11.2. The molecule has 0 bridgehead atoms. The summed E-state index contributed by atoms with van der Waals surface area (Å²) in [5.74, 6) is 6.31. The van der Waals surface area contributed by atoms with Crippen molar-refractivity contribution in [2.45, 2.75) is 71.8 Å². The standard InChI is InChI=1S/C15H27N/c1-4-6-10-14(16-13-5-2)15(3)11-8-7-9-12-15/h14,16H,5,7-13H2,1-3H3. The summed E-state index contributed by atoms with van der Waals surface area (Å²) >= 11 is 0. The lowest BCUT2D eigenvalue weighted by Gasteiger charge is -2.40. The molecule has 0 saturated heterocycles. The molecule has 0 aromatic rings. The van der Waals surface area contributed by atoms with Crippen LogP contribution in [-0.2, 0) is 0 Å². The highest BCUT2D eigenvalue weighted by molar-refractivity contribution is 5.02. The van der Waals surface area contributed by atoms with Gasteiger partial charge in [0, 0.05) is 12.5 Å². The van der Waals surface area contributed by atoms with Crippen molar-refractivity contribution >= 4 is 0 Å². The van der Waals surface area contributed by atoms with Crippen LogP contribution >= 0.6 is 0 Å². The highest BCUT2D eigenvalue weighted by Gasteiger charge is 2.34. The van der Waals surface area contributed by atoms with E-state index in [1.54, 1.807) is 0 Å². The van der Waals surface area contributed by atoms with E-state index in [1.807, 2.05) is 6.92 Å². The second-order valence-electron chi connectivity index (χ2n) is 5.35. The third-order valence-corrected chi connectivity index (χ3v) is 3.96. The third-order valence-electron chi connectivity index (χ3n) is 3.96. The lowest BCUT2D eigenvalue weighted by Crippen LogP contribution is -2.44. The number of rotatable bonds is 5. The van der Waals surface area contributed by atoms with Crippen LogP contribution in [0, 0.1) is 17.3 Å². The topological polar surface area (TPSA) is 12.0 Å². The Hall–Kier alpha value is -0.480. The number of hydrogen-bond acceptors (Lipinski definition) is 1. The lowest BCUT2D eigenvalue weighted by molar-refractivity contribution is 0.146. The predicted octanol–water partition coefficient (Wildman–Crippen LogP) is 3.74. The molecule has 1 unspecified atom stereocenters. The van der Waals surface area contributed by atoms with Crippen LogP contribution in [0.4, 0.5) is 0 Å². The Labute approximate surface area is 101 Å². The quantitative estimate of drug-likeness (QED) is 0.697. The summed E-state index contributed by atoms with van der Waals surface area (Å²) in [7, 11) is 0. The first-order valence-corrected chi connectivity index (χ1v) is 6.86. The first kappa shape index (κ1) is 13.6. The molecule has 0 heterocycles. The molecule has 1 fully saturated rings. The molecule has 0 amide bonds. The Kier molecular flexibility index (Phi) is 5.91. The number of nitrogens with one attached hydrogen (secondary N) is 1. The normalized spacial score (nSPS) is 20.9. The van der Waals surface area contributed by atoms with Gasteiger partial charge in [0.05, 0.1) is 0 Å². The van der Waals surface area contributed by atoms with E-state index in [1.165, 1.54) is 38.5 Å². The monoisotopic (exact) mass is 221 g/mol. The lowest BCUT2D eigenvalue weighted by atomic mass is 9.69. The Morgan fingerprint density at radius 3 is 2.50 bits per heavy atom. The van der Waals surface area contributed by atoms with E-state index >= 15 is 0 Å². The summed E-state index contributed by atoms with van der Waals surface area (Å²) in [5, 5.41) is 3.71. The highest BCUT2D eigenvalue weighted by atomic mass is 14.9. The second kappa shape index (κ2) is 6.97. The van der Waals surface area contributed by atoms with E-state index in [4.69, 9.17) is 0 Å². The Bertz CT molecular complexity index is 240. The largest absolute Gasteiger partial charge is 0.312 e. The van der Waals surface area contributed by atoms with Gasteiger partial charge in [0.25, 0.3) is 0 Å². The Balaban J connectivity index is 2.59. The minimum absolute atomic E-state index is 0.483. The van der Waals surface area contributed by atoms with E-state index < -0.39 is 0 Å². The van der Waals surface area contributed by atoms with Crippen LogP contribution < -0.4 is 5.32 Å². The van der Waals surface area contributed by atoms with Crippen molar-refractivity contribution in [2.24, 2.45) is 5.41 Å². The van der Waals surface area contributed by atoms with Gasteiger partial charge in [-0.3, -0.25) is 0 Å². The van der Waals surface area contributed by atoms with Crippen molar-refractivity contribution < 1.29 is 0 Å². The van der Waals surface area contributed by atoms with Crippen molar-refractivity contribution in [1.82, 2.24) is 5.32 Å². The van der Waals surface area contributed by atoms with Gasteiger partial charge in [-0.2, -0.15) is 0 Å². The summed E-state index contributed by atoms with van der Waals surface area (Å²) in [6, 6.07) is 0.597. The molecule has 1 rings (SSSR count). The molecule has 1 atom stereocenters. The van der Waals surface area contributed by atoms with Crippen molar-refractivity contribution in [3.05, 3.63) is 0 Å². The van der Waals surface area contributed by atoms with Gasteiger partial charge in [-0.05, 0) is 38.1 Å². The maximum atomic E-state index is 3.71. The van der Waals surface area contributed by atoms with Crippen LogP contribution in [0.15, 0.2) is 0 Å². The molecular formula is C15H27N. The molecule has 1 saturated carbocycles.